The lowest BCUT2D eigenvalue weighted by molar-refractivity contribution is -0.121. The fourth-order valence-electron chi connectivity index (χ4n) is 3.97. The number of hydrogen-bond donors (Lipinski definition) is 2. The van der Waals surface area contributed by atoms with Crippen LogP contribution in [0.4, 0.5) is 0 Å². The Morgan fingerprint density at radius 3 is 2.84 bits per heavy atom. The summed E-state index contributed by atoms with van der Waals surface area (Å²) in [5.74, 6) is -0.122. The molecule has 1 aromatic carbocycles. The number of H-pyrrole nitrogens is 1. The van der Waals surface area contributed by atoms with Gasteiger partial charge in [0.25, 0.3) is 5.56 Å². The number of pyridine rings is 1. The van der Waals surface area contributed by atoms with Crippen LogP contribution in [0.25, 0.3) is 22.2 Å². The number of benzene rings is 1. The highest BCUT2D eigenvalue weighted by molar-refractivity contribution is 5.89. The van der Waals surface area contributed by atoms with E-state index in [1.807, 2.05) is 42.6 Å². The molecule has 3 aromatic heterocycles. The molecular weight excluding hydrogens is 394 g/mol. The Morgan fingerprint density at radius 1 is 1.13 bits per heavy atom. The normalized spacial score (nSPS) is 18.3. The van der Waals surface area contributed by atoms with E-state index in [2.05, 4.69) is 20.4 Å². The van der Waals surface area contributed by atoms with Crippen LogP contribution < -0.4 is 10.9 Å². The number of hydrogen-bond acceptors (Lipinski definition) is 5. The fraction of sp³-hybridized carbons (Fsp3) is 0.217. The van der Waals surface area contributed by atoms with Gasteiger partial charge in [0.1, 0.15) is 6.04 Å². The van der Waals surface area contributed by atoms with Crippen LogP contribution in [0.5, 0.6) is 0 Å². The van der Waals surface area contributed by atoms with Crippen molar-refractivity contribution in [2.24, 2.45) is 0 Å². The monoisotopic (exact) mass is 415 g/mol. The van der Waals surface area contributed by atoms with Crippen LogP contribution >= 0.6 is 0 Å². The lowest BCUT2D eigenvalue weighted by Gasteiger charge is -2.20. The number of rotatable bonds is 5. The maximum Gasteiger partial charge on any atom is 0.267 e. The third kappa shape index (κ3) is 3.85. The van der Waals surface area contributed by atoms with E-state index in [-0.39, 0.29) is 30.0 Å². The van der Waals surface area contributed by atoms with Gasteiger partial charge in [-0.1, -0.05) is 18.2 Å². The topological polar surface area (TPSA) is 102 Å². The Hall–Kier alpha value is -3.78. The highest BCUT2D eigenvalue weighted by atomic mass is 16.5. The lowest BCUT2D eigenvalue weighted by atomic mass is 10.1. The first-order valence-electron chi connectivity index (χ1n) is 10.1. The van der Waals surface area contributed by atoms with Gasteiger partial charge in [-0.25, -0.2) is 4.68 Å². The summed E-state index contributed by atoms with van der Waals surface area (Å²) in [7, 11) is 0. The minimum absolute atomic E-state index is 0.122. The van der Waals surface area contributed by atoms with E-state index >= 15 is 0 Å². The minimum atomic E-state index is -0.374. The van der Waals surface area contributed by atoms with E-state index in [0.717, 1.165) is 22.0 Å². The quantitative estimate of drug-likeness (QED) is 0.520. The van der Waals surface area contributed by atoms with Crippen molar-refractivity contribution in [2.75, 3.05) is 13.2 Å². The van der Waals surface area contributed by atoms with E-state index in [9.17, 15) is 9.59 Å². The fourth-order valence-corrected chi connectivity index (χ4v) is 3.97. The first-order valence-corrected chi connectivity index (χ1v) is 10.1. The van der Waals surface area contributed by atoms with Crippen LogP contribution in [0.2, 0.25) is 0 Å². The second-order valence-electron chi connectivity index (χ2n) is 7.55. The number of fused-ring (bicyclic) bond motifs is 1. The van der Waals surface area contributed by atoms with Crippen LogP contribution in [-0.2, 0) is 16.0 Å². The SMILES string of the molecule is O=C(Cc1c[nH]c2ccccc12)NC1COCC1n1nc(-c2ccncc2)ccc1=O. The summed E-state index contributed by atoms with van der Waals surface area (Å²) in [5.41, 5.74) is 3.22. The predicted octanol–water partition coefficient (Wildman–Crippen LogP) is 2.09. The number of carbonyl (C=O) groups excluding carboxylic acids is 1. The largest absolute Gasteiger partial charge is 0.377 e. The number of amides is 1. The van der Waals surface area contributed by atoms with Crippen molar-refractivity contribution in [1.29, 1.82) is 0 Å². The Balaban J connectivity index is 1.35. The average Bonchev–Trinajstić information content (AvgIpc) is 3.42. The molecule has 31 heavy (non-hydrogen) atoms. The van der Waals surface area contributed by atoms with Crippen molar-refractivity contribution in [3.05, 3.63) is 83.0 Å². The van der Waals surface area contributed by atoms with Gasteiger partial charge in [0.15, 0.2) is 0 Å². The summed E-state index contributed by atoms with van der Waals surface area (Å²) in [6.45, 7) is 0.642. The van der Waals surface area contributed by atoms with Crippen molar-refractivity contribution >= 4 is 16.8 Å². The molecule has 0 bridgehead atoms. The van der Waals surface area contributed by atoms with Crippen LogP contribution in [0, 0.1) is 0 Å². The number of para-hydroxylation sites is 1. The molecule has 0 aliphatic carbocycles. The van der Waals surface area contributed by atoms with Gasteiger partial charge in [-0.15, -0.1) is 0 Å². The van der Waals surface area contributed by atoms with Gasteiger partial charge >= 0.3 is 0 Å². The Bertz CT molecular complexity index is 1280. The first-order chi connectivity index (χ1) is 15.2. The van der Waals surface area contributed by atoms with Crippen molar-refractivity contribution < 1.29 is 9.53 Å². The summed E-state index contributed by atoms with van der Waals surface area (Å²) >= 11 is 0. The molecule has 1 saturated heterocycles. The average molecular weight is 415 g/mol. The van der Waals surface area contributed by atoms with Gasteiger partial charge in [-0.3, -0.25) is 14.6 Å². The van der Waals surface area contributed by atoms with E-state index in [4.69, 9.17) is 4.74 Å². The van der Waals surface area contributed by atoms with Crippen molar-refractivity contribution in [1.82, 2.24) is 25.1 Å². The molecule has 0 saturated carbocycles. The van der Waals surface area contributed by atoms with E-state index in [1.54, 1.807) is 18.5 Å². The van der Waals surface area contributed by atoms with Gasteiger partial charge in [0.2, 0.25) is 5.91 Å². The molecule has 1 aliphatic heterocycles. The number of aromatic amines is 1. The Kier molecular flexibility index (Phi) is 5.05. The molecule has 1 amide bonds. The maximum atomic E-state index is 12.8. The smallest absolute Gasteiger partial charge is 0.267 e. The zero-order valence-corrected chi connectivity index (χ0v) is 16.7. The highest BCUT2D eigenvalue weighted by Crippen LogP contribution is 2.21. The highest BCUT2D eigenvalue weighted by Gasteiger charge is 2.32. The molecule has 8 heteroatoms. The van der Waals surface area contributed by atoms with Gasteiger partial charge in [0.05, 0.1) is 31.4 Å². The third-order valence-corrected chi connectivity index (χ3v) is 5.54. The van der Waals surface area contributed by atoms with Gasteiger partial charge in [-0.05, 0) is 29.8 Å². The molecule has 0 radical (unpaired) electrons. The predicted molar refractivity (Wildman–Crippen MR) is 116 cm³/mol. The summed E-state index contributed by atoms with van der Waals surface area (Å²) in [6.07, 6.45) is 5.46. The minimum Gasteiger partial charge on any atom is -0.377 e. The van der Waals surface area contributed by atoms with Gasteiger partial charge in [0, 0.05) is 41.1 Å². The summed E-state index contributed by atoms with van der Waals surface area (Å²) in [6, 6.07) is 14.0. The number of ether oxygens (including phenoxy) is 1. The first kappa shape index (κ1) is 19.2. The zero-order chi connectivity index (χ0) is 21.2. The van der Waals surface area contributed by atoms with E-state index in [0.29, 0.717) is 18.9 Å². The second kappa shape index (κ2) is 8.16. The van der Waals surface area contributed by atoms with Crippen molar-refractivity contribution in [3.63, 3.8) is 0 Å². The Morgan fingerprint density at radius 2 is 1.97 bits per heavy atom. The lowest BCUT2D eigenvalue weighted by Crippen LogP contribution is -2.44. The molecule has 2 N–H and O–H groups in total. The Labute approximate surface area is 177 Å². The molecule has 0 spiro atoms. The zero-order valence-electron chi connectivity index (χ0n) is 16.7. The second-order valence-corrected chi connectivity index (χ2v) is 7.55. The number of carbonyl (C=O) groups is 1. The van der Waals surface area contributed by atoms with E-state index in [1.165, 1.54) is 10.7 Å². The standard InChI is InChI=1S/C23H21N5O3/c29-22(11-16-12-25-19-4-2-1-3-17(16)19)26-20-13-31-14-21(20)28-23(30)6-5-18(27-28)15-7-9-24-10-8-15/h1-10,12,20-21,25H,11,13-14H2,(H,26,29). The maximum absolute atomic E-state index is 12.8. The van der Waals surface area contributed by atoms with Crippen LogP contribution in [-0.4, -0.2) is 44.9 Å². The van der Waals surface area contributed by atoms with Crippen LogP contribution in [0.15, 0.2) is 71.9 Å². The molecule has 4 heterocycles. The molecule has 1 fully saturated rings. The van der Waals surface area contributed by atoms with E-state index < -0.39 is 0 Å². The molecule has 4 aromatic rings. The molecular formula is C23H21N5O3. The number of nitrogens with zero attached hydrogens (tertiary/aromatic N) is 3. The number of nitrogens with one attached hydrogen (secondary N) is 2. The van der Waals surface area contributed by atoms with Gasteiger partial charge in [-0.2, -0.15) is 5.10 Å². The van der Waals surface area contributed by atoms with Crippen LogP contribution in [0.1, 0.15) is 11.6 Å². The molecule has 8 nitrogen and oxygen atoms in total. The van der Waals surface area contributed by atoms with Crippen LogP contribution in [0.3, 0.4) is 0 Å². The molecule has 156 valence electrons. The molecule has 2 unspecified atom stereocenters. The third-order valence-electron chi connectivity index (χ3n) is 5.54. The molecule has 1 aliphatic rings. The number of aromatic nitrogens is 4. The van der Waals surface area contributed by atoms with Gasteiger partial charge < -0.3 is 15.0 Å². The van der Waals surface area contributed by atoms with Crippen molar-refractivity contribution in [3.8, 4) is 11.3 Å². The summed E-state index contributed by atoms with van der Waals surface area (Å²) < 4.78 is 7.02. The molecule has 2 atom stereocenters. The molecule has 5 rings (SSSR count). The summed E-state index contributed by atoms with van der Waals surface area (Å²) in [4.78, 5) is 32.5. The summed E-state index contributed by atoms with van der Waals surface area (Å²) in [5, 5.41) is 8.60. The van der Waals surface area contributed by atoms with Crippen molar-refractivity contribution in [2.45, 2.75) is 18.5 Å².